The first-order chi connectivity index (χ1) is 7.40. The highest BCUT2D eigenvalue weighted by atomic mass is 15.3. The summed E-state index contributed by atoms with van der Waals surface area (Å²) in [5.41, 5.74) is 2.87. The molecule has 0 bridgehead atoms. The minimum absolute atomic E-state index is 0.567. The second-order valence-electron chi connectivity index (χ2n) is 5.38. The number of fused-ring (bicyclic) bond motifs is 1. The van der Waals surface area contributed by atoms with Crippen molar-refractivity contribution in [1.82, 2.24) is 5.43 Å². The lowest BCUT2D eigenvalue weighted by molar-refractivity contribution is 0.647. The third-order valence-corrected chi connectivity index (χ3v) is 4.52. The highest BCUT2D eigenvalue weighted by molar-refractivity contribution is 5.87. The van der Waals surface area contributed by atoms with E-state index in [1.165, 1.54) is 44.9 Å². The first kappa shape index (κ1) is 9.64. The van der Waals surface area contributed by atoms with Gasteiger partial charge in [0.25, 0.3) is 0 Å². The van der Waals surface area contributed by atoms with Gasteiger partial charge in [-0.2, -0.15) is 0 Å². The van der Waals surface area contributed by atoms with E-state index in [0.29, 0.717) is 12.0 Å². The lowest BCUT2D eigenvalue weighted by Crippen LogP contribution is -2.34. The number of nitrogens with zero attached hydrogens (tertiary/aromatic N) is 1. The fraction of sp³-hybridized carbons (Fsp3) is 0.917. The Morgan fingerprint density at radius 2 is 1.67 bits per heavy atom. The lowest BCUT2D eigenvalue weighted by Gasteiger charge is -2.10. The molecule has 3 rings (SSSR count). The summed E-state index contributed by atoms with van der Waals surface area (Å²) in [4.78, 5) is 4.82. The first-order valence-electron chi connectivity index (χ1n) is 6.44. The van der Waals surface area contributed by atoms with Crippen molar-refractivity contribution in [1.29, 1.82) is 0 Å². The van der Waals surface area contributed by atoms with Crippen LogP contribution in [0.3, 0.4) is 0 Å². The molecular weight excluding hydrogens is 186 g/mol. The normalized spacial score (nSPS) is 40.6. The van der Waals surface area contributed by atoms with Crippen LogP contribution < -0.4 is 11.3 Å². The van der Waals surface area contributed by atoms with Gasteiger partial charge in [0.1, 0.15) is 5.84 Å². The van der Waals surface area contributed by atoms with Crippen LogP contribution in [-0.2, 0) is 0 Å². The molecule has 0 saturated heterocycles. The molecule has 0 aliphatic heterocycles. The number of nitrogens with two attached hydrogens (primary N) is 1. The van der Waals surface area contributed by atoms with E-state index in [1.807, 2.05) is 0 Å². The van der Waals surface area contributed by atoms with Crippen molar-refractivity contribution in [2.75, 3.05) is 0 Å². The van der Waals surface area contributed by atoms with E-state index in [-0.39, 0.29) is 0 Å². The summed E-state index contributed by atoms with van der Waals surface area (Å²) in [6, 6.07) is 0.567. The topological polar surface area (TPSA) is 50.4 Å². The molecule has 3 fully saturated rings. The Bertz CT molecular complexity index is 258. The summed E-state index contributed by atoms with van der Waals surface area (Å²) in [6.45, 7) is 0. The van der Waals surface area contributed by atoms with E-state index in [9.17, 15) is 0 Å². The molecule has 2 unspecified atom stereocenters. The summed E-state index contributed by atoms with van der Waals surface area (Å²) in [7, 11) is 0. The Kier molecular flexibility index (Phi) is 2.43. The van der Waals surface area contributed by atoms with E-state index in [1.54, 1.807) is 0 Å². The fourth-order valence-corrected chi connectivity index (χ4v) is 3.68. The molecule has 3 nitrogen and oxygen atoms in total. The van der Waals surface area contributed by atoms with Gasteiger partial charge in [-0.25, -0.2) is 5.84 Å². The Hall–Kier alpha value is -0.570. The predicted molar refractivity (Wildman–Crippen MR) is 61.3 cm³/mol. The summed E-state index contributed by atoms with van der Waals surface area (Å²) >= 11 is 0. The fourth-order valence-electron chi connectivity index (χ4n) is 3.68. The number of rotatable bonds is 2. The molecule has 0 aromatic heterocycles. The molecule has 3 saturated carbocycles. The highest BCUT2D eigenvalue weighted by Gasteiger charge is 2.55. The summed E-state index contributed by atoms with van der Waals surface area (Å²) < 4.78 is 0. The molecule has 0 amide bonds. The second-order valence-corrected chi connectivity index (χ2v) is 5.38. The SMILES string of the molecule is NNC(=NC1CCCC1)C1C2CCCC21. The van der Waals surface area contributed by atoms with Gasteiger partial charge in [0.15, 0.2) is 0 Å². The van der Waals surface area contributed by atoms with Crippen molar-refractivity contribution in [2.24, 2.45) is 28.6 Å². The molecule has 15 heavy (non-hydrogen) atoms. The highest BCUT2D eigenvalue weighted by Crippen LogP contribution is 2.57. The van der Waals surface area contributed by atoms with Crippen molar-refractivity contribution in [2.45, 2.75) is 51.0 Å². The van der Waals surface area contributed by atoms with Crippen molar-refractivity contribution < 1.29 is 0 Å². The Balaban J connectivity index is 1.66. The zero-order valence-electron chi connectivity index (χ0n) is 9.28. The Morgan fingerprint density at radius 3 is 2.27 bits per heavy atom. The molecule has 3 aliphatic rings. The average molecular weight is 207 g/mol. The van der Waals surface area contributed by atoms with Gasteiger partial charge >= 0.3 is 0 Å². The molecule has 0 radical (unpaired) electrons. The van der Waals surface area contributed by atoms with Gasteiger partial charge in [-0.15, -0.1) is 0 Å². The summed E-state index contributed by atoms with van der Waals surface area (Å²) in [6.07, 6.45) is 9.47. The van der Waals surface area contributed by atoms with Crippen LogP contribution in [0.5, 0.6) is 0 Å². The molecule has 3 N–H and O–H groups in total. The number of hydrogen-bond acceptors (Lipinski definition) is 2. The smallest absolute Gasteiger partial charge is 0.114 e. The maximum atomic E-state index is 5.61. The third kappa shape index (κ3) is 1.67. The summed E-state index contributed by atoms with van der Waals surface area (Å²) in [5.74, 6) is 9.27. The number of nitrogens with one attached hydrogen (secondary N) is 1. The molecule has 2 atom stereocenters. The van der Waals surface area contributed by atoms with Gasteiger partial charge < -0.3 is 5.43 Å². The maximum Gasteiger partial charge on any atom is 0.114 e. The Morgan fingerprint density at radius 1 is 1.00 bits per heavy atom. The van der Waals surface area contributed by atoms with Crippen LogP contribution >= 0.6 is 0 Å². The first-order valence-corrected chi connectivity index (χ1v) is 6.44. The number of hydrazine groups is 1. The van der Waals surface area contributed by atoms with Crippen LogP contribution in [0.2, 0.25) is 0 Å². The third-order valence-electron chi connectivity index (χ3n) is 4.52. The van der Waals surface area contributed by atoms with Crippen LogP contribution in [0.15, 0.2) is 4.99 Å². The molecule has 0 aromatic carbocycles. The van der Waals surface area contributed by atoms with Crippen molar-refractivity contribution in [3.05, 3.63) is 0 Å². The van der Waals surface area contributed by atoms with Crippen molar-refractivity contribution in [3.63, 3.8) is 0 Å². The largest absolute Gasteiger partial charge is 0.312 e. The van der Waals surface area contributed by atoms with Crippen LogP contribution in [0.25, 0.3) is 0 Å². The van der Waals surface area contributed by atoms with Gasteiger partial charge in [0, 0.05) is 5.92 Å². The Labute approximate surface area is 91.5 Å². The molecule has 3 aliphatic carbocycles. The van der Waals surface area contributed by atoms with Gasteiger partial charge in [-0.1, -0.05) is 19.3 Å². The van der Waals surface area contributed by atoms with Crippen LogP contribution in [0.1, 0.15) is 44.9 Å². The molecular formula is C12H21N3. The molecule has 0 spiro atoms. The monoisotopic (exact) mass is 207 g/mol. The quantitative estimate of drug-likeness (QED) is 0.314. The second kappa shape index (κ2) is 3.78. The van der Waals surface area contributed by atoms with Crippen molar-refractivity contribution in [3.8, 4) is 0 Å². The number of aliphatic imine (C=N–C) groups is 1. The van der Waals surface area contributed by atoms with Gasteiger partial charge in [-0.05, 0) is 37.5 Å². The molecule has 3 heteroatoms. The minimum atomic E-state index is 0.567. The predicted octanol–water partition coefficient (Wildman–Crippen LogP) is 1.84. The van der Waals surface area contributed by atoms with E-state index in [2.05, 4.69) is 5.43 Å². The van der Waals surface area contributed by atoms with E-state index >= 15 is 0 Å². The van der Waals surface area contributed by atoms with Gasteiger partial charge in [-0.3, -0.25) is 4.99 Å². The molecule has 84 valence electrons. The molecule has 0 aromatic rings. The standard InChI is InChI=1S/C12H21N3/c13-15-12(14-8-4-1-2-5-8)11-9-6-3-7-10(9)11/h8-11H,1-7,13H2,(H,14,15). The van der Waals surface area contributed by atoms with Crippen LogP contribution in [-0.4, -0.2) is 11.9 Å². The average Bonchev–Trinajstić information content (AvgIpc) is 2.73. The summed E-state index contributed by atoms with van der Waals surface area (Å²) in [5, 5.41) is 0. The zero-order valence-corrected chi connectivity index (χ0v) is 9.28. The van der Waals surface area contributed by atoms with E-state index < -0.39 is 0 Å². The number of amidine groups is 1. The van der Waals surface area contributed by atoms with E-state index in [0.717, 1.165) is 17.7 Å². The number of hydrogen-bond donors (Lipinski definition) is 2. The molecule has 0 heterocycles. The lowest BCUT2D eigenvalue weighted by atomic mass is 10.1. The zero-order chi connectivity index (χ0) is 10.3. The van der Waals surface area contributed by atoms with Gasteiger partial charge in [0.2, 0.25) is 0 Å². The van der Waals surface area contributed by atoms with Crippen LogP contribution in [0, 0.1) is 17.8 Å². The van der Waals surface area contributed by atoms with Gasteiger partial charge in [0.05, 0.1) is 6.04 Å². The van der Waals surface area contributed by atoms with Crippen LogP contribution in [0.4, 0.5) is 0 Å². The minimum Gasteiger partial charge on any atom is -0.312 e. The maximum absolute atomic E-state index is 5.61. The van der Waals surface area contributed by atoms with E-state index in [4.69, 9.17) is 10.8 Å². The van der Waals surface area contributed by atoms with Crippen molar-refractivity contribution >= 4 is 5.84 Å².